The number of nitrogens with zero attached hydrogens (tertiary/aromatic N) is 4. The highest BCUT2D eigenvalue weighted by molar-refractivity contribution is 6.26. The van der Waals surface area contributed by atoms with Gasteiger partial charge in [-0.1, -0.05) is 72.8 Å². The van der Waals surface area contributed by atoms with E-state index in [1.807, 2.05) is 42.5 Å². The van der Waals surface area contributed by atoms with Gasteiger partial charge >= 0.3 is 0 Å². The molecule has 38 heavy (non-hydrogen) atoms. The Kier molecular flexibility index (Phi) is 8.69. The number of aryl methyl sites for hydroxylation is 2. The van der Waals surface area contributed by atoms with Crippen LogP contribution in [0.4, 0.5) is 5.69 Å². The molecule has 0 atom stereocenters. The Balaban J connectivity index is 1.54. The Labute approximate surface area is 223 Å². The van der Waals surface area contributed by atoms with Crippen molar-refractivity contribution in [3.05, 3.63) is 118 Å². The first-order valence-corrected chi connectivity index (χ1v) is 12.6. The molecule has 1 N–H and O–H groups in total. The number of nitrogens with one attached hydrogen (secondary N) is 1. The fraction of sp³-hybridized carbons (Fsp3) is 0.188. The maximum Gasteiger partial charge on any atom is 0.257 e. The van der Waals surface area contributed by atoms with Crippen LogP contribution in [0.25, 0.3) is 5.57 Å². The molecule has 3 aromatic rings. The van der Waals surface area contributed by atoms with Crippen molar-refractivity contribution >= 4 is 17.2 Å². The summed E-state index contributed by atoms with van der Waals surface area (Å²) in [7, 11) is 0. The van der Waals surface area contributed by atoms with Crippen LogP contribution in [-0.4, -0.2) is 19.0 Å². The van der Waals surface area contributed by atoms with Crippen LogP contribution in [0.5, 0.6) is 0 Å². The summed E-state index contributed by atoms with van der Waals surface area (Å²) < 4.78 is 0. The largest absolute Gasteiger partial charge is 0.372 e. The average molecular weight is 498 g/mol. The molecule has 0 spiro atoms. The second-order valence-electron chi connectivity index (χ2n) is 9.00. The third-order valence-corrected chi connectivity index (χ3v) is 6.54. The molecule has 1 heterocycles. The molecule has 3 aromatic carbocycles. The Morgan fingerprint density at radius 1 is 0.737 bits per heavy atom. The molecule has 6 heteroatoms. The molecule has 4 rings (SSSR count). The Morgan fingerprint density at radius 2 is 1.26 bits per heavy atom. The molecule has 1 aliphatic heterocycles. The van der Waals surface area contributed by atoms with Crippen LogP contribution in [0.1, 0.15) is 29.5 Å². The average Bonchev–Trinajstić information content (AvgIpc) is 3.29. The summed E-state index contributed by atoms with van der Waals surface area (Å²) in [5.74, 6) is -0.491. The van der Waals surface area contributed by atoms with Gasteiger partial charge in [-0.3, -0.25) is 4.79 Å². The van der Waals surface area contributed by atoms with Gasteiger partial charge in [-0.05, 0) is 54.5 Å². The van der Waals surface area contributed by atoms with E-state index >= 15 is 0 Å². The lowest BCUT2D eigenvalue weighted by molar-refractivity contribution is -0.114. The van der Waals surface area contributed by atoms with Crippen LogP contribution in [0, 0.1) is 34.0 Å². The molecule has 0 aliphatic carbocycles. The highest BCUT2D eigenvalue weighted by Crippen LogP contribution is 2.31. The number of benzene rings is 3. The summed E-state index contributed by atoms with van der Waals surface area (Å²) in [5.41, 5.74) is 4.12. The highest BCUT2D eigenvalue weighted by atomic mass is 16.2. The summed E-state index contributed by atoms with van der Waals surface area (Å²) in [5, 5.41) is 30.6. The van der Waals surface area contributed by atoms with Crippen molar-refractivity contribution in [2.45, 2.75) is 25.7 Å². The van der Waals surface area contributed by atoms with E-state index in [0.717, 1.165) is 44.5 Å². The molecule has 0 unspecified atom stereocenters. The molecule has 1 amide bonds. The van der Waals surface area contributed by atoms with Crippen molar-refractivity contribution in [3.8, 4) is 18.2 Å². The van der Waals surface area contributed by atoms with Gasteiger partial charge in [0.25, 0.3) is 5.91 Å². The van der Waals surface area contributed by atoms with Gasteiger partial charge in [0.1, 0.15) is 18.2 Å². The Morgan fingerprint density at radius 3 is 1.74 bits per heavy atom. The van der Waals surface area contributed by atoms with Crippen molar-refractivity contribution in [2.24, 2.45) is 0 Å². The first-order chi connectivity index (χ1) is 18.6. The lowest BCUT2D eigenvalue weighted by Gasteiger charge is -2.25. The number of hydrogen-bond acceptors (Lipinski definition) is 5. The summed E-state index contributed by atoms with van der Waals surface area (Å²) >= 11 is 0. The zero-order valence-corrected chi connectivity index (χ0v) is 21.0. The standard InChI is InChI=1S/C32H27N5O/c33-21-27(22-34)31-29(23-35)30(32(38)36-31)26-15-17-28(18-16-26)37(19-7-13-24-9-3-1-4-10-24)20-8-14-25-11-5-2-6-12-25/h1-6,9-12,15-18H,7-8,13-14,19-20H2,(H,36,38). The smallest absolute Gasteiger partial charge is 0.257 e. The number of carbonyl (C=O) groups is 1. The van der Waals surface area contributed by atoms with Gasteiger partial charge in [0.15, 0.2) is 5.57 Å². The number of allylic oxidation sites excluding steroid dienone is 2. The van der Waals surface area contributed by atoms with Crippen LogP contribution in [0.3, 0.4) is 0 Å². The van der Waals surface area contributed by atoms with Crippen molar-refractivity contribution < 1.29 is 4.79 Å². The maximum atomic E-state index is 12.7. The van der Waals surface area contributed by atoms with E-state index in [9.17, 15) is 20.6 Å². The molecule has 0 radical (unpaired) electrons. The third-order valence-electron chi connectivity index (χ3n) is 6.54. The summed E-state index contributed by atoms with van der Waals surface area (Å²) in [4.78, 5) is 15.0. The molecular weight excluding hydrogens is 470 g/mol. The van der Waals surface area contributed by atoms with Gasteiger partial charge in [0.05, 0.1) is 16.8 Å². The molecule has 186 valence electrons. The maximum absolute atomic E-state index is 12.7. The Hall–Kier alpha value is -5.12. The van der Waals surface area contributed by atoms with Crippen LogP contribution in [-0.2, 0) is 17.6 Å². The zero-order chi connectivity index (χ0) is 26.7. The van der Waals surface area contributed by atoms with E-state index in [1.165, 1.54) is 11.1 Å². The van der Waals surface area contributed by atoms with Crippen LogP contribution >= 0.6 is 0 Å². The van der Waals surface area contributed by atoms with E-state index < -0.39 is 5.91 Å². The predicted molar refractivity (Wildman–Crippen MR) is 147 cm³/mol. The summed E-state index contributed by atoms with van der Waals surface area (Å²) in [6.07, 6.45) is 3.98. The van der Waals surface area contributed by atoms with Gasteiger partial charge < -0.3 is 10.2 Å². The minimum Gasteiger partial charge on any atom is -0.372 e. The first-order valence-electron chi connectivity index (χ1n) is 12.6. The molecular formula is C32H27N5O. The number of rotatable bonds is 10. The fourth-order valence-corrected chi connectivity index (χ4v) is 4.63. The topological polar surface area (TPSA) is 104 Å². The van der Waals surface area contributed by atoms with Crippen molar-refractivity contribution in [3.63, 3.8) is 0 Å². The SMILES string of the molecule is N#CC(C#N)=C1NC(=O)C(c2ccc(N(CCCc3ccccc3)CCCc3ccccc3)cc2)=C1C#N. The summed E-state index contributed by atoms with van der Waals surface area (Å²) in [6, 6.07) is 34.0. The number of amides is 1. The third kappa shape index (κ3) is 6.16. The van der Waals surface area contributed by atoms with Crippen LogP contribution < -0.4 is 10.2 Å². The lowest BCUT2D eigenvalue weighted by Crippen LogP contribution is -2.26. The monoisotopic (exact) mass is 497 g/mol. The second-order valence-corrected chi connectivity index (χ2v) is 9.00. The van der Waals surface area contributed by atoms with E-state index in [0.29, 0.717) is 5.56 Å². The number of carbonyl (C=O) groups excluding carboxylic acids is 1. The van der Waals surface area contributed by atoms with E-state index in [-0.39, 0.29) is 22.4 Å². The number of anilines is 1. The van der Waals surface area contributed by atoms with Crippen LogP contribution in [0.2, 0.25) is 0 Å². The minimum atomic E-state index is -0.491. The second kappa shape index (κ2) is 12.7. The molecule has 0 bridgehead atoms. The molecule has 0 saturated carbocycles. The van der Waals surface area contributed by atoms with Crippen LogP contribution in [0.15, 0.2) is 102 Å². The lowest BCUT2D eigenvalue weighted by atomic mass is 9.99. The van der Waals surface area contributed by atoms with Crippen molar-refractivity contribution in [1.82, 2.24) is 5.32 Å². The number of nitriles is 3. The van der Waals surface area contributed by atoms with E-state index in [4.69, 9.17) is 0 Å². The van der Waals surface area contributed by atoms with E-state index in [2.05, 4.69) is 58.7 Å². The molecule has 0 aromatic heterocycles. The molecule has 6 nitrogen and oxygen atoms in total. The van der Waals surface area contributed by atoms with Gasteiger partial charge in [0.2, 0.25) is 0 Å². The Bertz CT molecular complexity index is 1410. The summed E-state index contributed by atoms with van der Waals surface area (Å²) in [6.45, 7) is 1.77. The van der Waals surface area contributed by atoms with E-state index in [1.54, 1.807) is 12.1 Å². The zero-order valence-electron chi connectivity index (χ0n) is 21.0. The normalized spacial score (nSPS) is 12.3. The molecule has 0 fully saturated rings. The van der Waals surface area contributed by atoms with Gasteiger partial charge in [0, 0.05) is 18.8 Å². The highest BCUT2D eigenvalue weighted by Gasteiger charge is 2.31. The van der Waals surface area contributed by atoms with Gasteiger partial charge in [-0.25, -0.2) is 0 Å². The quantitative estimate of drug-likeness (QED) is 0.374. The molecule has 1 aliphatic rings. The van der Waals surface area contributed by atoms with Crippen molar-refractivity contribution in [1.29, 1.82) is 15.8 Å². The fourth-order valence-electron chi connectivity index (χ4n) is 4.63. The number of hydrogen-bond donors (Lipinski definition) is 1. The minimum absolute atomic E-state index is 0.0171. The van der Waals surface area contributed by atoms with Crippen molar-refractivity contribution in [2.75, 3.05) is 18.0 Å². The predicted octanol–water partition coefficient (Wildman–Crippen LogP) is 5.47. The van der Waals surface area contributed by atoms with Gasteiger partial charge in [-0.2, -0.15) is 15.8 Å². The first kappa shape index (κ1) is 26.0. The van der Waals surface area contributed by atoms with Gasteiger partial charge in [-0.15, -0.1) is 0 Å². The molecule has 0 saturated heterocycles.